The molecule has 28 heavy (non-hydrogen) atoms. The minimum absolute atomic E-state index is 0.126. The molecule has 0 aliphatic heterocycles. The second-order valence-electron chi connectivity index (χ2n) is 6.60. The molecule has 0 bridgehead atoms. The monoisotopic (exact) mass is 378 g/mol. The number of hydrogen-bond acceptors (Lipinski definition) is 5. The molecule has 0 aliphatic rings. The van der Waals surface area contributed by atoms with Gasteiger partial charge in [-0.2, -0.15) is 0 Å². The lowest BCUT2D eigenvalue weighted by atomic mass is 10.1. The Morgan fingerprint density at radius 1 is 0.964 bits per heavy atom. The van der Waals surface area contributed by atoms with Gasteiger partial charge >= 0.3 is 5.97 Å². The molecule has 5 heteroatoms. The Labute approximate surface area is 163 Å². The molecule has 0 atom stereocenters. The first-order chi connectivity index (χ1) is 13.5. The summed E-state index contributed by atoms with van der Waals surface area (Å²) in [5.74, 6) is 0.921. The summed E-state index contributed by atoms with van der Waals surface area (Å²) in [5.41, 5.74) is 1.70. The first-order valence-electron chi connectivity index (χ1n) is 9.11. The van der Waals surface area contributed by atoms with Crippen molar-refractivity contribution >= 4 is 11.8 Å². The molecule has 5 nitrogen and oxygen atoms in total. The highest BCUT2D eigenvalue weighted by molar-refractivity contribution is 5.95. The fraction of sp³-hybridized carbons (Fsp3) is 0.217. The van der Waals surface area contributed by atoms with E-state index in [1.165, 1.54) is 0 Å². The van der Waals surface area contributed by atoms with Gasteiger partial charge in [0.15, 0.2) is 12.4 Å². The van der Waals surface area contributed by atoms with E-state index in [0.717, 1.165) is 11.1 Å². The summed E-state index contributed by atoms with van der Waals surface area (Å²) in [5, 5.41) is 0. The lowest BCUT2D eigenvalue weighted by molar-refractivity contribution is -0.149. The minimum Gasteiger partial charge on any atom is -0.482 e. The van der Waals surface area contributed by atoms with E-state index in [2.05, 4.69) is 0 Å². The van der Waals surface area contributed by atoms with Crippen LogP contribution in [0.15, 0.2) is 71.1 Å². The number of carbonyl (C=O) groups excluding carboxylic acids is 2. The Hall–Kier alpha value is -3.34. The zero-order valence-corrected chi connectivity index (χ0v) is 15.9. The fourth-order valence-corrected chi connectivity index (χ4v) is 2.70. The van der Waals surface area contributed by atoms with Gasteiger partial charge < -0.3 is 13.9 Å². The Kier molecular flexibility index (Phi) is 6.27. The van der Waals surface area contributed by atoms with Gasteiger partial charge in [-0.3, -0.25) is 4.79 Å². The Bertz CT molecular complexity index is 940. The van der Waals surface area contributed by atoms with Gasteiger partial charge in [0.25, 0.3) is 0 Å². The molecule has 0 saturated carbocycles. The molecule has 1 aromatic heterocycles. The van der Waals surface area contributed by atoms with E-state index in [4.69, 9.17) is 13.9 Å². The molecular weight excluding hydrogens is 356 g/mol. The first kappa shape index (κ1) is 19.4. The maximum absolute atomic E-state index is 12.5. The van der Waals surface area contributed by atoms with Crippen LogP contribution in [-0.4, -0.2) is 24.5 Å². The molecule has 0 radical (unpaired) electrons. The summed E-state index contributed by atoms with van der Waals surface area (Å²) in [6.45, 7) is 3.39. The van der Waals surface area contributed by atoms with Gasteiger partial charge in [-0.1, -0.05) is 42.5 Å². The van der Waals surface area contributed by atoms with Crippen molar-refractivity contribution in [3.8, 4) is 17.1 Å². The SMILES string of the molecule is CC(C)OC(=O)COc1cccc(CC(=O)c2ccc(-c3ccccc3)o2)c1. The van der Waals surface area contributed by atoms with Crippen LogP contribution in [0, 0.1) is 0 Å². The van der Waals surface area contributed by atoms with Gasteiger partial charge in [0.1, 0.15) is 11.5 Å². The highest BCUT2D eigenvalue weighted by Gasteiger charge is 2.14. The second kappa shape index (κ2) is 9.04. The van der Waals surface area contributed by atoms with Crippen molar-refractivity contribution in [3.63, 3.8) is 0 Å². The smallest absolute Gasteiger partial charge is 0.344 e. The number of benzene rings is 2. The molecule has 0 aliphatic carbocycles. The van der Waals surface area contributed by atoms with E-state index in [-0.39, 0.29) is 24.9 Å². The van der Waals surface area contributed by atoms with Crippen molar-refractivity contribution in [3.05, 3.63) is 78.1 Å². The van der Waals surface area contributed by atoms with Gasteiger partial charge in [-0.25, -0.2) is 4.79 Å². The number of carbonyl (C=O) groups is 2. The van der Waals surface area contributed by atoms with Gasteiger partial charge in [-0.05, 0) is 43.7 Å². The average molecular weight is 378 g/mol. The van der Waals surface area contributed by atoms with Crippen LogP contribution >= 0.6 is 0 Å². The number of furan rings is 1. The van der Waals surface area contributed by atoms with Crippen molar-refractivity contribution in [2.24, 2.45) is 0 Å². The third-order valence-corrected chi connectivity index (χ3v) is 3.93. The van der Waals surface area contributed by atoms with Crippen LogP contribution in [-0.2, 0) is 16.0 Å². The molecule has 0 N–H and O–H groups in total. The van der Waals surface area contributed by atoms with Crippen molar-refractivity contribution in [1.29, 1.82) is 0 Å². The lowest BCUT2D eigenvalue weighted by Crippen LogP contribution is -2.18. The Balaban J connectivity index is 1.62. The molecule has 3 rings (SSSR count). The molecular formula is C23H22O5. The van der Waals surface area contributed by atoms with E-state index >= 15 is 0 Å². The zero-order chi connectivity index (χ0) is 19.9. The molecule has 0 unspecified atom stereocenters. The third-order valence-electron chi connectivity index (χ3n) is 3.93. The third kappa shape index (κ3) is 5.33. The summed E-state index contributed by atoms with van der Waals surface area (Å²) >= 11 is 0. The number of rotatable bonds is 8. The maximum Gasteiger partial charge on any atom is 0.344 e. The fourth-order valence-electron chi connectivity index (χ4n) is 2.70. The standard InChI is InChI=1S/C23H22O5/c1-16(2)27-23(25)15-26-19-10-6-7-17(13-19)14-20(24)22-12-11-21(28-22)18-8-4-3-5-9-18/h3-13,16H,14-15H2,1-2H3. The molecule has 0 saturated heterocycles. The van der Waals surface area contributed by atoms with Crippen LogP contribution < -0.4 is 4.74 Å². The number of esters is 1. The number of ketones is 1. The first-order valence-corrected chi connectivity index (χ1v) is 9.11. The van der Waals surface area contributed by atoms with Gasteiger partial charge in [0, 0.05) is 12.0 Å². The molecule has 2 aromatic carbocycles. The van der Waals surface area contributed by atoms with Crippen LogP contribution in [0.1, 0.15) is 30.0 Å². The number of ether oxygens (including phenoxy) is 2. The van der Waals surface area contributed by atoms with Crippen molar-refractivity contribution in [1.82, 2.24) is 0 Å². The van der Waals surface area contributed by atoms with E-state index in [1.807, 2.05) is 36.4 Å². The number of Topliss-reactive ketones (excluding diaryl/α,β-unsaturated/α-hetero) is 1. The normalized spacial score (nSPS) is 10.7. The van der Waals surface area contributed by atoms with Gasteiger partial charge in [-0.15, -0.1) is 0 Å². The van der Waals surface area contributed by atoms with Crippen LogP contribution in [0.4, 0.5) is 0 Å². The second-order valence-corrected chi connectivity index (χ2v) is 6.60. The van der Waals surface area contributed by atoms with Crippen molar-refractivity contribution in [2.45, 2.75) is 26.4 Å². The molecule has 0 amide bonds. The van der Waals surface area contributed by atoms with E-state index < -0.39 is 5.97 Å². The molecule has 0 fully saturated rings. The van der Waals surface area contributed by atoms with Crippen LogP contribution in [0.5, 0.6) is 5.75 Å². The Morgan fingerprint density at radius 2 is 1.75 bits per heavy atom. The molecule has 0 spiro atoms. The highest BCUT2D eigenvalue weighted by atomic mass is 16.6. The van der Waals surface area contributed by atoms with Gasteiger partial charge in [0.2, 0.25) is 5.78 Å². The highest BCUT2D eigenvalue weighted by Crippen LogP contribution is 2.23. The van der Waals surface area contributed by atoms with Crippen molar-refractivity contribution in [2.75, 3.05) is 6.61 Å². The van der Waals surface area contributed by atoms with E-state index in [1.54, 1.807) is 44.2 Å². The largest absolute Gasteiger partial charge is 0.482 e. The van der Waals surface area contributed by atoms with Gasteiger partial charge in [0.05, 0.1) is 6.10 Å². The molecule has 144 valence electrons. The summed E-state index contributed by atoms with van der Waals surface area (Å²) in [6, 6.07) is 20.2. The van der Waals surface area contributed by atoms with Crippen LogP contribution in [0.25, 0.3) is 11.3 Å². The minimum atomic E-state index is -0.430. The van der Waals surface area contributed by atoms with Crippen LogP contribution in [0.3, 0.4) is 0 Å². The summed E-state index contributed by atoms with van der Waals surface area (Å²) in [7, 11) is 0. The Morgan fingerprint density at radius 3 is 2.50 bits per heavy atom. The number of hydrogen-bond donors (Lipinski definition) is 0. The van der Waals surface area contributed by atoms with E-state index in [9.17, 15) is 9.59 Å². The quantitative estimate of drug-likeness (QED) is 0.420. The topological polar surface area (TPSA) is 65.7 Å². The maximum atomic E-state index is 12.5. The lowest BCUT2D eigenvalue weighted by Gasteiger charge is -2.10. The zero-order valence-electron chi connectivity index (χ0n) is 15.9. The van der Waals surface area contributed by atoms with Crippen molar-refractivity contribution < 1.29 is 23.5 Å². The predicted octanol–water partition coefficient (Wildman–Crippen LogP) is 4.70. The molecule has 3 aromatic rings. The van der Waals surface area contributed by atoms with Crippen LogP contribution in [0.2, 0.25) is 0 Å². The predicted molar refractivity (Wildman–Crippen MR) is 105 cm³/mol. The summed E-state index contributed by atoms with van der Waals surface area (Å²) in [6.07, 6.45) is -0.0100. The average Bonchev–Trinajstić information content (AvgIpc) is 3.17. The van der Waals surface area contributed by atoms with E-state index in [0.29, 0.717) is 17.3 Å². The molecule has 1 heterocycles. The summed E-state index contributed by atoms with van der Waals surface area (Å²) < 4.78 is 16.2. The summed E-state index contributed by atoms with van der Waals surface area (Å²) in [4.78, 5) is 24.1.